The number of aromatic nitrogens is 4. The van der Waals surface area contributed by atoms with E-state index in [1.54, 1.807) is 12.4 Å². The lowest BCUT2D eigenvalue weighted by Crippen LogP contribution is -2.03. The summed E-state index contributed by atoms with van der Waals surface area (Å²) in [5, 5.41) is 20.4. The molecule has 25 heavy (non-hydrogen) atoms. The molecule has 0 aliphatic carbocycles. The maximum Gasteiger partial charge on any atom is 0.335 e. The fourth-order valence-electron chi connectivity index (χ4n) is 2.66. The number of hydrogen-bond donors (Lipinski definition) is 2. The second-order valence-electron chi connectivity index (χ2n) is 5.32. The fraction of sp³-hybridized carbons (Fsp3) is 0.0588. The van der Waals surface area contributed by atoms with Gasteiger partial charge < -0.3 is 15.2 Å². The molecule has 8 heteroatoms. The zero-order valence-electron chi connectivity index (χ0n) is 13.2. The molecule has 4 rings (SSSR count). The summed E-state index contributed by atoms with van der Waals surface area (Å²) in [6.07, 6.45) is 1.61. The zero-order valence-corrected chi connectivity index (χ0v) is 13.2. The molecule has 0 amide bonds. The lowest BCUT2D eigenvalue weighted by molar-refractivity contribution is 0.0697. The van der Waals surface area contributed by atoms with Crippen LogP contribution in [0.5, 0.6) is 5.75 Å². The lowest BCUT2D eigenvalue weighted by Gasteiger charge is -2.13. The Balaban J connectivity index is 1.89. The molecule has 2 heterocycles. The van der Waals surface area contributed by atoms with Crippen molar-refractivity contribution in [3.05, 3.63) is 54.4 Å². The molecule has 2 N–H and O–H groups in total. The number of carboxylic acid groups (broad SMARTS) is 1. The number of para-hydroxylation sites is 2. The van der Waals surface area contributed by atoms with Gasteiger partial charge in [-0.05, 0) is 30.3 Å². The minimum atomic E-state index is -1.02. The summed E-state index contributed by atoms with van der Waals surface area (Å²) >= 11 is 0. The van der Waals surface area contributed by atoms with E-state index in [-0.39, 0.29) is 5.56 Å². The molecular weight excluding hydrogens is 322 g/mol. The van der Waals surface area contributed by atoms with Gasteiger partial charge in [-0.15, -0.1) is 10.2 Å². The van der Waals surface area contributed by atoms with Gasteiger partial charge in [-0.25, -0.2) is 9.78 Å². The number of nitrogens with one attached hydrogen (secondary N) is 1. The van der Waals surface area contributed by atoms with E-state index < -0.39 is 5.97 Å². The number of carboxylic acids is 1. The molecule has 0 fully saturated rings. The first-order valence-electron chi connectivity index (χ1n) is 7.44. The van der Waals surface area contributed by atoms with E-state index in [0.717, 1.165) is 11.0 Å². The van der Waals surface area contributed by atoms with Crippen molar-refractivity contribution in [1.29, 1.82) is 0 Å². The highest BCUT2D eigenvalue weighted by Crippen LogP contribution is 2.30. The second kappa shape index (κ2) is 5.75. The van der Waals surface area contributed by atoms with Gasteiger partial charge in [-0.3, -0.25) is 4.40 Å². The van der Waals surface area contributed by atoms with Gasteiger partial charge in [-0.2, -0.15) is 0 Å². The third-order valence-corrected chi connectivity index (χ3v) is 3.83. The largest absolute Gasteiger partial charge is 0.495 e. The number of anilines is 2. The third-order valence-electron chi connectivity index (χ3n) is 3.83. The van der Waals surface area contributed by atoms with Crippen LogP contribution in [0.1, 0.15) is 10.4 Å². The normalized spacial score (nSPS) is 10.9. The van der Waals surface area contributed by atoms with Gasteiger partial charge in [0, 0.05) is 0 Å². The Labute approximate surface area is 141 Å². The van der Waals surface area contributed by atoms with Crippen LogP contribution in [0.4, 0.5) is 11.5 Å². The van der Waals surface area contributed by atoms with Crippen LogP contribution in [0.15, 0.2) is 48.8 Å². The Bertz CT molecular complexity index is 1110. The number of aromatic carboxylic acids is 1. The average Bonchev–Trinajstić information content (AvgIpc) is 3.12. The van der Waals surface area contributed by atoms with E-state index in [9.17, 15) is 9.90 Å². The van der Waals surface area contributed by atoms with Crippen molar-refractivity contribution in [2.45, 2.75) is 0 Å². The first-order chi connectivity index (χ1) is 12.2. The van der Waals surface area contributed by atoms with E-state index in [2.05, 4.69) is 20.5 Å². The summed E-state index contributed by atoms with van der Waals surface area (Å²) in [6.45, 7) is 0. The number of fused-ring (bicyclic) bond motifs is 3. The molecule has 4 aromatic rings. The highest BCUT2D eigenvalue weighted by Gasteiger charge is 2.14. The van der Waals surface area contributed by atoms with E-state index in [4.69, 9.17) is 4.74 Å². The van der Waals surface area contributed by atoms with E-state index in [0.29, 0.717) is 22.9 Å². The fourth-order valence-corrected chi connectivity index (χ4v) is 2.66. The Morgan fingerprint density at radius 1 is 1.24 bits per heavy atom. The van der Waals surface area contributed by atoms with Crippen molar-refractivity contribution in [2.75, 3.05) is 12.4 Å². The molecule has 0 aliphatic rings. The Hall–Kier alpha value is -3.68. The molecule has 0 spiro atoms. The lowest BCUT2D eigenvalue weighted by atomic mass is 10.2. The second-order valence-corrected chi connectivity index (χ2v) is 5.32. The maximum absolute atomic E-state index is 11.2. The van der Waals surface area contributed by atoms with E-state index in [1.165, 1.54) is 19.2 Å². The number of nitrogens with zero attached hydrogens (tertiary/aromatic N) is 4. The van der Waals surface area contributed by atoms with Gasteiger partial charge in [-0.1, -0.05) is 12.1 Å². The number of ether oxygens (including phenoxy) is 1. The molecule has 0 aliphatic heterocycles. The summed E-state index contributed by atoms with van der Waals surface area (Å²) in [5.74, 6) is -0.0699. The van der Waals surface area contributed by atoms with Gasteiger partial charge in [0.25, 0.3) is 0 Å². The third kappa shape index (κ3) is 2.49. The SMILES string of the molecule is COc1ccc(C(=O)O)cc1Nc1nc2ccccc2n2cnnc12. The monoisotopic (exact) mass is 335 g/mol. The van der Waals surface area contributed by atoms with Crippen molar-refractivity contribution in [3.8, 4) is 5.75 Å². The topological polar surface area (TPSA) is 102 Å². The zero-order chi connectivity index (χ0) is 17.4. The molecule has 0 radical (unpaired) electrons. The molecule has 0 saturated carbocycles. The van der Waals surface area contributed by atoms with Crippen molar-refractivity contribution in [3.63, 3.8) is 0 Å². The number of hydrogen-bond acceptors (Lipinski definition) is 6. The van der Waals surface area contributed by atoms with Crippen molar-refractivity contribution >= 4 is 34.2 Å². The Kier molecular flexibility index (Phi) is 3.42. The van der Waals surface area contributed by atoms with Crippen LogP contribution >= 0.6 is 0 Å². The van der Waals surface area contributed by atoms with Crippen molar-refractivity contribution < 1.29 is 14.6 Å². The molecule has 0 unspecified atom stereocenters. The van der Waals surface area contributed by atoms with Gasteiger partial charge in [0.05, 0.1) is 29.4 Å². The van der Waals surface area contributed by atoms with Gasteiger partial charge in [0.15, 0.2) is 5.82 Å². The summed E-state index contributed by atoms with van der Waals surface area (Å²) in [5.41, 5.74) is 2.78. The Morgan fingerprint density at radius 2 is 2.08 bits per heavy atom. The van der Waals surface area contributed by atoms with Crippen molar-refractivity contribution in [2.24, 2.45) is 0 Å². The van der Waals surface area contributed by atoms with Crippen LogP contribution in [0, 0.1) is 0 Å². The van der Waals surface area contributed by atoms with Crippen LogP contribution in [-0.4, -0.2) is 37.8 Å². The van der Waals surface area contributed by atoms with Crippen LogP contribution in [0.2, 0.25) is 0 Å². The van der Waals surface area contributed by atoms with Crippen LogP contribution < -0.4 is 10.1 Å². The van der Waals surface area contributed by atoms with E-state index in [1.807, 2.05) is 28.7 Å². The summed E-state index contributed by atoms with van der Waals surface area (Å²) in [7, 11) is 1.52. The molecule has 2 aromatic carbocycles. The smallest absolute Gasteiger partial charge is 0.335 e. The minimum Gasteiger partial charge on any atom is -0.495 e. The summed E-state index contributed by atoms with van der Waals surface area (Å²) in [6, 6.07) is 12.2. The van der Waals surface area contributed by atoms with Crippen LogP contribution in [0.3, 0.4) is 0 Å². The molecule has 0 saturated heterocycles. The maximum atomic E-state index is 11.2. The number of benzene rings is 2. The van der Waals surface area contributed by atoms with Crippen molar-refractivity contribution in [1.82, 2.24) is 19.6 Å². The highest BCUT2D eigenvalue weighted by molar-refractivity contribution is 5.91. The first-order valence-corrected chi connectivity index (χ1v) is 7.44. The molecule has 0 atom stereocenters. The Morgan fingerprint density at radius 3 is 2.88 bits per heavy atom. The first kappa shape index (κ1) is 14.9. The van der Waals surface area contributed by atoms with Gasteiger partial charge in [0.2, 0.25) is 5.65 Å². The molecule has 124 valence electrons. The minimum absolute atomic E-state index is 0.140. The molecule has 2 aromatic heterocycles. The predicted molar refractivity (Wildman–Crippen MR) is 91.5 cm³/mol. The van der Waals surface area contributed by atoms with E-state index >= 15 is 0 Å². The summed E-state index contributed by atoms with van der Waals surface area (Å²) < 4.78 is 7.12. The van der Waals surface area contributed by atoms with Gasteiger partial charge in [0.1, 0.15) is 12.1 Å². The molecule has 0 bridgehead atoms. The highest BCUT2D eigenvalue weighted by atomic mass is 16.5. The average molecular weight is 335 g/mol. The standard InChI is InChI=1S/C17H13N5O3/c1-25-14-7-6-10(17(23)24)8-12(14)20-15-16-21-18-9-22(16)13-5-3-2-4-11(13)19-15/h2-9H,1H3,(H,19,20)(H,23,24). The molecular formula is C17H13N5O3. The van der Waals surface area contributed by atoms with Gasteiger partial charge >= 0.3 is 5.97 Å². The van der Waals surface area contributed by atoms with Crippen LogP contribution in [0.25, 0.3) is 16.7 Å². The number of rotatable bonds is 4. The van der Waals surface area contributed by atoms with Crippen LogP contribution in [-0.2, 0) is 0 Å². The summed E-state index contributed by atoms with van der Waals surface area (Å²) in [4.78, 5) is 15.8. The predicted octanol–water partition coefficient (Wildman–Crippen LogP) is 2.73. The number of carbonyl (C=O) groups is 1. The quantitative estimate of drug-likeness (QED) is 0.591. The number of methoxy groups -OCH3 is 1. The molecule has 8 nitrogen and oxygen atoms in total.